The number of carbonyl (C=O) groups excluding carboxylic acids is 1. The largest absolute Gasteiger partial charge is 0.486 e. The predicted molar refractivity (Wildman–Crippen MR) is 128 cm³/mol. The highest BCUT2D eigenvalue weighted by atomic mass is 16.6. The second-order valence-corrected chi connectivity index (χ2v) is 8.00. The summed E-state index contributed by atoms with van der Waals surface area (Å²) in [6.45, 7) is 2.89. The molecule has 1 amide bonds. The van der Waals surface area contributed by atoms with Crippen LogP contribution in [0.5, 0.6) is 11.5 Å². The molecule has 10 nitrogen and oxygen atoms in total. The van der Waals surface area contributed by atoms with Crippen LogP contribution in [0.15, 0.2) is 65.6 Å². The Morgan fingerprint density at radius 3 is 2.63 bits per heavy atom. The van der Waals surface area contributed by atoms with Gasteiger partial charge in [0.2, 0.25) is 0 Å². The fourth-order valence-electron chi connectivity index (χ4n) is 4.19. The van der Waals surface area contributed by atoms with Crippen molar-refractivity contribution in [1.82, 2.24) is 24.5 Å². The van der Waals surface area contributed by atoms with Gasteiger partial charge >= 0.3 is 0 Å². The summed E-state index contributed by atoms with van der Waals surface area (Å²) < 4.78 is 13.8. The summed E-state index contributed by atoms with van der Waals surface area (Å²) in [5.41, 5.74) is 6.29. The van der Waals surface area contributed by atoms with Crippen molar-refractivity contribution >= 4 is 22.6 Å². The number of rotatable bonds is 4. The maximum Gasteiger partial charge on any atom is 0.299 e. The van der Waals surface area contributed by atoms with Crippen LogP contribution in [0.3, 0.4) is 0 Å². The lowest BCUT2D eigenvalue weighted by Gasteiger charge is -2.18. The van der Waals surface area contributed by atoms with Crippen molar-refractivity contribution in [3.63, 3.8) is 0 Å². The van der Waals surface area contributed by atoms with E-state index >= 15 is 0 Å². The van der Waals surface area contributed by atoms with Crippen molar-refractivity contribution in [3.05, 3.63) is 82.4 Å². The van der Waals surface area contributed by atoms with Crippen LogP contribution >= 0.6 is 0 Å². The molecule has 0 spiro atoms. The molecule has 35 heavy (non-hydrogen) atoms. The topological polar surface area (TPSA) is 113 Å². The zero-order valence-corrected chi connectivity index (χ0v) is 18.8. The van der Waals surface area contributed by atoms with Crippen LogP contribution in [0.1, 0.15) is 23.0 Å². The highest BCUT2D eigenvalue weighted by Crippen LogP contribution is 2.31. The number of ether oxygens (including phenoxy) is 2. The molecule has 5 aromatic rings. The number of benzene rings is 2. The van der Waals surface area contributed by atoms with E-state index in [9.17, 15) is 9.59 Å². The number of nitrogens with one attached hydrogen (secondary N) is 1. The quantitative estimate of drug-likeness (QED) is 0.432. The molecular formula is C25H20N6O4. The van der Waals surface area contributed by atoms with E-state index in [1.165, 1.54) is 6.20 Å². The second kappa shape index (κ2) is 8.24. The minimum absolute atomic E-state index is 0.0900. The van der Waals surface area contributed by atoms with Gasteiger partial charge in [-0.1, -0.05) is 37.3 Å². The lowest BCUT2D eigenvalue weighted by molar-refractivity contribution is 0.101. The maximum absolute atomic E-state index is 13.2. The minimum atomic E-state index is -0.516. The van der Waals surface area contributed by atoms with E-state index in [0.717, 1.165) is 21.5 Å². The van der Waals surface area contributed by atoms with Gasteiger partial charge in [-0.25, -0.2) is 9.19 Å². The first-order valence-corrected chi connectivity index (χ1v) is 11.2. The summed E-state index contributed by atoms with van der Waals surface area (Å²) in [5, 5.41) is 13.3. The van der Waals surface area contributed by atoms with Gasteiger partial charge in [-0.2, -0.15) is 5.10 Å². The third kappa shape index (κ3) is 3.46. The van der Waals surface area contributed by atoms with Crippen molar-refractivity contribution in [2.45, 2.75) is 13.3 Å². The fraction of sp³-hybridized carbons (Fsp3) is 0.160. The van der Waals surface area contributed by atoms with Crippen LogP contribution < -0.4 is 20.5 Å². The van der Waals surface area contributed by atoms with Gasteiger partial charge in [0, 0.05) is 11.8 Å². The molecule has 0 fully saturated rings. The molecule has 0 saturated heterocycles. The number of aromatic nitrogens is 5. The Bertz CT molecular complexity index is 1660. The van der Waals surface area contributed by atoms with Crippen molar-refractivity contribution in [3.8, 4) is 22.6 Å². The van der Waals surface area contributed by atoms with E-state index in [1.807, 2.05) is 37.3 Å². The highest BCUT2D eigenvalue weighted by molar-refractivity contribution is 6.00. The van der Waals surface area contributed by atoms with Gasteiger partial charge in [0.25, 0.3) is 11.5 Å². The average molecular weight is 468 g/mol. The summed E-state index contributed by atoms with van der Waals surface area (Å²) in [4.78, 5) is 26.0. The number of nitrogens with zero attached hydrogens (tertiary/aromatic N) is 5. The summed E-state index contributed by atoms with van der Waals surface area (Å²) in [5.74, 6) is 0.592. The summed E-state index contributed by atoms with van der Waals surface area (Å²) >= 11 is 0. The van der Waals surface area contributed by atoms with E-state index in [1.54, 1.807) is 28.8 Å². The second-order valence-electron chi connectivity index (χ2n) is 8.00. The Labute approximate surface area is 198 Å². The van der Waals surface area contributed by atoms with E-state index in [0.29, 0.717) is 47.9 Å². The monoisotopic (exact) mass is 468 g/mol. The van der Waals surface area contributed by atoms with Crippen LogP contribution in [0.4, 0.5) is 0 Å². The molecule has 0 aliphatic carbocycles. The van der Waals surface area contributed by atoms with E-state index in [2.05, 4.69) is 15.6 Å². The number of hydrogen-bond acceptors (Lipinski definition) is 7. The molecule has 0 saturated carbocycles. The first kappa shape index (κ1) is 20.8. The third-order valence-electron chi connectivity index (χ3n) is 5.88. The Hall–Kier alpha value is -4.73. The van der Waals surface area contributed by atoms with Gasteiger partial charge < -0.3 is 9.47 Å². The fourth-order valence-corrected chi connectivity index (χ4v) is 4.19. The van der Waals surface area contributed by atoms with Gasteiger partial charge in [-0.05, 0) is 36.2 Å². The Balaban J connectivity index is 1.40. The van der Waals surface area contributed by atoms with Crippen molar-refractivity contribution in [2.75, 3.05) is 18.6 Å². The molecule has 1 aliphatic rings. The molecule has 4 heterocycles. The normalized spacial score (nSPS) is 12.7. The molecule has 0 radical (unpaired) electrons. The third-order valence-corrected chi connectivity index (χ3v) is 5.88. The number of carbonyl (C=O) groups is 1. The van der Waals surface area contributed by atoms with Crippen LogP contribution in [0.2, 0.25) is 0 Å². The molecule has 0 unspecified atom stereocenters. The summed E-state index contributed by atoms with van der Waals surface area (Å²) in [7, 11) is 0. The Morgan fingerprint density at radius 2 is 1.83 bits per heavy atom. The van der Waals surface area contributed by atoms with Crippen molar-refractivity contribution in [1.29, 1.82) is 0 Å². The maximum atomic E-state index is 13.2. The number of aryl methyl sites for hydroxylation is 1. The summed E-state index contributed by atoms with van der Waals surface area (Å²) in [6, 6.07) is 16.4. The zero-order valence-electron chi connectivity index (χ0n) is 18.8. The van der Waals surface area contributed by atoms with Gasteiger partial charge in [0.05, 0.1) is 11.3 Å². The van der Waals surface area contributed by atoms with Gasteiger partial charge in [-0.3, -0.25) is 15.0 Å². The van der Waals surface area contributed by atoms with Crippen LogP contribution in [0.25, 0.3) is 27.8 Å². The van der Waals surface area contributed by atoms with Crippen molar-refractivity contribution < 1.29 is 14.3 Å². The first-order valence-electron chi connectivity index (χ1n) is 11.2. The van der Waals surface area contributed by atoms with E-state index in [4.69, 9.17) is 14.6 Å². The molecule has 1 aliphatic heterocycles. The molecule has 0 atom stereocenters. The number of amides is 1. The van der Waals surface area contributed by atoms with Gasteiger partial charge in [-0.15, -0.1) is 10.2 Å². The minimum Gasteiger partial charge on any atom is -0.486 e. The SMILES string of the molecule is CCc1nn2c(nnc3c(=O)n(NC(=O)c4ccc5c(c4)OCCO5)ccc32)c1-c1ccccc1. The average Bonchev–Trinajstić information content (AvgIpc) is 3.29. The van der Waals surface area contributed by atoms with E-state index < -0.39 is 11.5 Å². The smallest absolute Gasteiger partial charge is 0.299 e. The Morgan fingerprint density at radius 1 is 1.03 bits per heavy atom. The van der Waals surface area contributed by atoms with Gasteiger partial charge in [0.15, 0.2) is 22.7 Å². The number of hydrogen-bond donors (Lipinski definition) is 1. The summed E-state index contributed by atoms with van der Waals surface area (Å²) in [6.07, 6.45) is 2.18. The molecular weight excluding hydrogens is 448 g/mol. The zero-order chi connectivity index (χ0) is 23.9. The molecule has 3 aromatic heterocycles. The molecule has 10 heteroatoms. The lowest BCUT2D eigenvalue weighted by atomic mass is 10.0. The molecule has 1 N–H and O–H groups in total. The standard InChI is InChI=1S/C25H20N6O4/c1-2-17-21(15-6-4-3-5-7-15)23-27-26-22-18(31(23)28-17)10-11-30(25(22)33)29-24(32)16-8-9-19-20(14-16)35-13-12-34-19/h3-11,14H,2,12-13H2,1H3,(H,29,32). The van der Waals surface area contributed by atoms with Gasteiger partial charge in [0.1, 0.15) is 18.7 Å². The molecule has 2 aromatic carbocycles. The Kier molecular flexibility index (Phi) is 4.91. The number of fused-ring (bicyclic) bond motifs is 4. The van der Waals surface area contributed by atoms with Crippen LogP contribution in [-0.4, -0.2) is 43.6 Å². The first-order chi connectivity index (χ1) is 17.1. The van der Waals surface area contributed by atoms with Crippen LogP contribution in [-0.2, 0) is 6.42 Å². The lowest BCUT2D eigenvalue weighted by Crippen LogP contribution is -2.33. The molecule has 174 valence electrons. The molecule has 0 bridgehead atoms. The molecule has 6 rings (SSSR count). The van der Waals surface area contributed by atoms with Crippen molar-refractivity contribution in [2.24, 2.45) is 0 Å². The number of pyridine rings is 1. The highest BCUT2D eigenvalue weighted by Gasteiger charge is 2.20. The predicted octanol–water partition coefficient (Wildman–Crippen LogP) is 2.82. The van der Waals surface area contributed by atoms with E-state index in [-0.39, 0.29) is 5.52 Å². The van der Waals surface area contributed by atoms with Crippen LogP contribution in [0, 0.1) is 0 Å².